The highest BCUT2D eigenvalue weighted by molar-refractivity contribution is 5.23. The van der Waals surface area contributed by atoms with Gasteiger partial charge in [0.15, 0.2) is 0 Å². The average Bonchev–Trinajstić information content (AvgIpc) is 3.26. The van der Waals surface area contributed by atoms with Crippen molar-refractivity contribution >= 4 is 0 Å². The minimum absolute atomic E-state index is 0.329. The maximum Gasteiger partial charge on any atom is 0.137 e. The molecule has 5 nitrogen and oxygen atoms in total. The smallest absolute Gasteiger partial charge is 0.137 e. The molecule has 1 aromatic heterocycles. The lowest BCUT2D eigenvalue weighted by Gasteiger charge is -2.43. The van der Waals surface area contributed by atoms with Gasteiger partial charge < -0.3 is 9.47 Å². The Hall–Kier alpha value is -1.72. The molecule has 2 aromatic rings. The van der Waals surface area contributed by atoms with E-state index in [1.54, 1.807) is 0 Å². The standard InChI is InChI=1S/C23H35N5/c1-5-19-6-8-20(9-7-19)14-27-15-21(22-25-24-17-26(22)4)23(16-27)10-12-28(13-11-23)18(2)3/h6-9,17-18,21H,5,10-16H2,1-4H3. The Labute approximate surface area is 169 Å². The van der Waals surface area contributed by atoms with E-state index in [9.17, 15) is 0 Å². The van der Waals surface area contributed by atoms with Crippen LogP contribution in [0.5, 0.6) is 0 Å². The Morgan fingerprint density at radius 1 is 1.11 bits per heavy atom. The molecule has 1 spiro atoms. The van der Waals surface area contributed by atoms with E-state index in [0.29, 0.717) is 17.4 Å². The van der Waals surface area contributed by atoms with Crippen LogP contribution in [-0.4, -0.2) is 56.8 Å². The fraction of sp³-hybridized carbons (Fsp3) is 0.652. The van der Waals surface area contributed by atoms with E-state index in [1.807, 2.05) is 6.33 Å². The van der Waals surface area contributed by atoms with E-state index >= 15 is 0 Å². The second-order valence-electron chi connectivity index (χ2n) is 9.18. The predicted octanol–water partition coefficient (Wildman–Crippen LogP) is 3.47. The van der Waals surface area contributed by atoms with E-state index in [1.165, 1.54) is 49.4 Å². The Morgan fingerprint density at radius 3 is 2.36 bits per heavy atom. The summed E-state index contributed by atoms with van der Waals surface area (Å²) >= 11 is 0. The van der Waals surface area contributed by atoms with Crippen molar-refractivity contribution in [3.63, 3.8) is 0 Å². The van der Waals surface area contributed by atoms with Gasteiger partial charge in [-0.25, -0.2) is 0 Å². The Kier molecular flexibility index (Phi) is 5.57. The molecular weight excluding hydrogens is 346 g/mol. The van der Waals surface area contributed by atoms with Crippen molar-refractivity contribution in [2.75, 3.05) is 26.2 Å². The molecule has 1 aromatic carbocycles. The van der Waals surface area contributed by atoms with Crippen LogP contribution >= 0.6 is 0 Å². The van der Waals surface area contributed by atoms with Gasteiger partial charge in [-0.05, 0) is 62.7 Å². The molecule has 5 heteroatoms. The Bertz CT molecular complexity index is 771. The lowest BCUT2D eigenvalue weighted by atomic mass is 9.70. The van der Waals surface area contributed by atoms with Gasteiger partial charge >= 0.3 is 0 Å². The van der Waals surface area contributed by atoms with Crippen LogP contribution in [0.4, 0.5) is 0 Å². The van der Waals surface area contributed by atoms with Crippen molar-refractivity contribution in [1.82, 2.24) is 24.6 Å². The first-order valence-corrected chi connectivity index (χ1v) is 10.9. The maximum atomic E-state index is 4.54. The summed E-state index contributed by atoms with van der Waals surface area (Å²) in [6, 6.07) is 9.82. The van der Waals surface area contributed by atoms with E-state index in [4.69, 9.17) is 0 Å². The molecule has 2 aliphatic heterocycles. The molecule has 0 saturated carbocycles. The Morgan fingerprint density at radius 2 is 1.79 bits per heavy atom. The predicted molar refractivity (Wildman–Crippen MR) is 113 cm³/mol. The average molecular weight is 382 g/mol. The lowest BCUT2D eigenvalue weighted by Crippen LogP contribution is -2.46. The first-order valence-electron chi connectivity index (χ1n) is 10.9. The van der Waals surface area contributed by atoms with Crippen LogP contribution in [-0.2, 0) is 20.0 Å². The molecule has 3 heterocycles. The molecule has 1 unspecified atom stereocenters. The number of aryl methyl sites for hydroxylation is 2. The molecule has 0 radical (unpaired) electrons. The van der Waals surface area contributed by atoms with Crippen LogP contribution in [0.3, 0.4) is 0 Å². The SMILES string of the molecule is CCc1ccc(CN2CC(c3nncn3C)C3(CCN(C(C)C)CC3)C2)cc1. The molecule has 2 aliphatic rings. The van der Waals surface area contributed by atoms with Crippen LogP contribution in [0.2, 0.25) is 0 Å². The summed E-state index contributed by atoms with van der Waals surface area (Å²) in [4.78, 5) is 5.29. The van der Waals surface area contributed by atoms with Gasteiger partial charge in [0, 0.05) is 38.6 Å². The van der Waals surface area contributed by atoms with E-state index in [0.717, 1.165) is 19.5 Å². The van der Waals surface area contributed by atoms with Crippen molar-refractivity contribution in [2.24, 2.45) is 12.5 Å². The number of nitrogens with zero attached hydrogens (tertiary/aromatic N) is 5. The van der Waals surface area contributed by atoms with Crippen molar-refractivity contribution in [2.45, 2.75) is 58.5 Å². The third-order valence-corrected chi connectivity index (χ3v) is 7.14. The summed E-state index contributed by atoms with van der Waals surface area (Å²) in [6.07, 6.45) is 5.48. The molecule has 28 heavy (non-hydrogen) atoms. The van der Waals surface area contributed by atoms with Gasteiger partial charge in [0.1, 0.15) is 12.2 Å². The third kappa shape index (κ3) is 3.74. The number of piperidine rings is 1. The molecule has 2 fully saturated rings. The van der Waals surface area contributed by atoms with Gasteiger partial charge in [-0.1, -0.05) is 31.2 Å². The topological polar surface area (TPSA) is 37.2 Å². The van der Waals surface area contributed by atoms with Crippen molar-refractivity contribution in [1.29, 1.82) is 0 Å². The zero-order chi connectivity index (χ0) is 19.7. The van der Waals surface area contributed by atoms with Crippen molar-refractivity contribution < 1.29 is 0 Å². The molecule has 0 aliphatic carbocycles. The summed E-state index contributed by atoms with van der Waals surface area (Å²) in [5, 5.41) is 8.74. The van der Waals surface area contributed by atoms with E-state index in [-0.39, 0.29) is 0 Å². The summed E-state index contributed by atoms with van der Waals surface area (Å²) in [5.41, 5.74) is 3.17. The number of likely N-dealkylation sites (tertiary alicyclic amines) is 2. The first kappa shape index (κ1) is 19.6. The zero-order valence-electron chi connectivity index (χ0n) is 17.9. The molecule has 2 saturated heterocycles. The van der Waals surface area contributed by atoms with Crippen LogP contribution in [0, 0.1) is 5.41 Å². The molecule has 0 N–H and O–H groups in total. The van der Waals surface area contributed by atoms with Gasteiger partial charge in [-0.3, -0.25) is 4.90 Å². The van der Waals surface area contributed by atoms with Gasteiger partial charge in [-0.2, -0.15) is 0 Å². The minimum atomic E-state index is 0.329. The summed E-state index contributed by atoms with van der Waals surface area (Å²) in [7, 11) is 2.10. The number of aromatic nitrogens is 3. The molecular formula is C23H35N5. The largest absolute Gasteiger partial charge is 0.320 e. The van der Waals surface area contributed by atoms with Gasteiger partial charge in [0.05, 0.1) is 0 Å². The number of benzene rings is 1. The zero-order valence-corrected chi connectivity index (χ0v) is 17.9. The minimum Gasteiger partial charge on any atom is -0.320 e. The Balaban J connectivity index is 1.54. The summed E-state index contributed by atoms with van der Waals surface area (Å²) in [5.74, 6) is 1.64. The number of hydrogen-bond acceptors (Lipinski definition) is 4. The molecule has 1 atom stereocenters. The quantitative estimate of drug-likeness (QED) is 0.795. The van der Waals surface area contributed by atoms with Crippen LogP contribution < -0.4 is 0 Å². The van der Waals surface area contributed by atoms with Crippen molar-refractivity contribution in [3.8, 4) is 0 Å². The molecule has 4 rings (SSSR count). The van der Waals surface area contributed by atoms with Gasteiger partial charge in [-0.15, -0.1) is 10.2 Å². The fourth-order valence-corrected chi connectivity index (χ4v) is 5.29. The normalized spacial score (nSPS) is 23.1. The van der Waals surface area contributed by atoms with Crippen LogP contribution in [0.1, 0.15) is 56.5 Å². The first-order chi connectivity index (χ1) is 13.5. The van der Waals surface area contributed by atoms with Crippen LogP contribution in [0.15, 0.2) is 30.6 Å². The molecule has 152 valence electrons. The number of hydrogen-bond donors (Lipinski definition) is 0. The third-order valence-electron chi connectivity index (χ3n) is 7.14. The highest BCUT2D eigenvalue weighted by atomic mass is 15.3. The number of rotatable bonds is 5. The molecule has 0 bridgehead atoms. The van der Waals surface area contributed by atoms with Crippen LogP contribution in [0.25, 0.3) is 0 Å². The van der Waals surface area contributed by atoms with E-state index < -0.39 is 0 Å². The van der Waals surface area contributed by atoms with Gasteiger partial charge in [0.2, 0.25) is 0 Å². The second-order valence-corrected chi connectivity index (χ2v) is 9.18. The summed E-state index contributed by atoms with van der Waals surface area (Å²) < 4.78 is 2.14. The highest BCUT2D eigenvalue weighted by Gasteiger charge is 2.50. The highest BCUT2D eigenvalue weighted by Crippen LogP contribution is 2.49. The molecule has 0 amide bonds. The maximum absolute atomic E-state index is 4.54. The fourth-order valence-electron chi connectivity index (χ4n) is 5.29. The summed E-state index contributed by atoms with van der Waals surface area (Å²) in [6.45, 7) is 12.5. The van der Waals surface area contributed by atoms with Gasteiger partial charge in [0.25, 0.3) is 0 Å². The monoisotopic (exact) mass is 381 g/mol. The van der Waals surface area contributed by atoms with E-state index in [2.05, 4.69) is 76.6 Å². The lowest BCUT2D eigenvalue weighted by molar-refractivity contribution is 0.0748. The second kappa shape index (κ2) is 7.96. The van der Waals surface area contributed by atoms with Crippen molar-refractivity contribution in [3.05, 3.63) is 47.5 Å².